The maximum atomic E-state index is 13.4. The first kappa shape index (κ1) is 22.1. The Balaban J connectivity index is 1.25. The van der Waals surface area contributed by atoms with E-state index < -0.39 is 0 Å². The highest BCUT2D eigenvalue weighted by Gasteiger charge is 2.24. The number of likely N-dealkylation sites (tertiary alicyclic amines) is 1. The third-order valence-corrected chi connectivity index (χ3v) is 6.61. The average Bonchev–Trinajstić information content (AvgIpc) is 3.14. The van der Waals surface area contributed by atoms with Crippen molar-refractivity contribution in [2.75, 3.05) is 13.1 Å². The van der Waals surface area contributed by atoms with E-state index in [2.05, 4.69) is 39.6 Å². The molecule has 1 atom stereocenters. The van der Waals surface area contributed by atoms with E-state index in [-0.39, 0.29) is 12.5 Å². The Hall–Kier alpha value is -3.74. The van der Waals surface area contributed by atoms with E-state index in [0.29, 0.717) is 28.6 Å². The standard InChI is InChI=1S/C27H28N4O3/c1-19-25(30-34-29-19)18-33-26-12-3-2-9-23(26)27(32)31-15-6-7-20(13-16-31)17-21-8-4-11-24-22(21)10-5-14-28-24/h2-5,8-12,14,20H,6-7,13,15-18H2,1H3/t20-/m0/s1. The van der Waals surface area contributed by atoms with Gasteiger partial charge in [-0.3, -0.25) is 9.78 Å². The van der Waals surface area contributed by atoms with Gasteiger partial charge in [-0.1, -0.05) is 40.6 Å². The van der Waals surface area contributed by atoms with Gasteiger partial charge in [-0.05, 0) is 68.4 Å². The van der Waals surface area contributed by atoms with E-state index >= 15 is 0 Å². The summed E-state index contributed by atoms with van der Waals surface area (Å²) in [5, 5.41) is 8.87. The van der Waals surface area contributed by atoms with Gasteiger partial charge in [0.15, 0.2) is 0 Å². The van der Waals surface area contributed by atoms with Crippen LogP contribution in [0, 0.1) is 12.8 Å². The summed E-state index contributed by atoms with van der Waals surface area (Å²) in [6.07, 6.45) is 5.93. The van der Waals surface area contributed by atoms with E-state index in [1.807, 2.05) is 48.4 Å². The van der Waals surface area contributed by atoms with Crippen molar-refractivity contribution in [3.8, 4) is 5.75 Å². The Morgan fingerprint density at radius 3 is 2.85 bits per heavy atom. The number of carbonyl (C=O) groups excluding carboxylic acids is 1. The molecule has 174 valence electrons. The van der Waals surface area contributed by atoms with Crippen LogP contribution < -0.4 is 4.74 Å². The van der Waals surface area contributed by atoms with Gasteiger partial charge < -0.3 is 9.64 Å². The number of ether oxygens (including phenoxy) is 1. The molecule has 1 fully saturated rings. The zero-order valence-corrected chi connectivity index (χ0v) is 19.3. The van der Waals surface area contributed by atoms with Gasteiger partial charge in [-0.25, -0.2) is 4.63 Å². The van der Waals surface area contributed by atoms with Crippen molar-refractivity contribution in [1.29, 1.82) is 0 Å². The van der Waals surface area contributed by atoms with Crippen LogP contribution in [0.2, 0.25) is 0 Å². The molecule has 34 heavy (non-hydrogen) atoms. The molecule has 1 saturated heterocycles. The van der Waals surface area contributed by atoms with Crippen LogP contribution in [0.3, 0.4) is 0 Å². The summed E-state index contributed by atoms with van der Waals surface area (Å²) in [5.41, 5.74) is 4.27. The predicted octanol–water partition coefficient (Wildman–Crippen LogP) is 4.99. The SMILES string of the molecule is Cc1nonc1COc1ccccc1C(=O)N1CCC[C@H](Cc2cccc3ncccc23)CC1. The summed E-state index contributed by atoms with van der Waals surface area (Å²) in [4.78, 5) is 19.9. The summed E-state index contributed by atoms with van der Waals surface area (Å²) >= 11 is 0. The van der Waals surface area contributed by atoms with Crippen LogP contribution in [0.4, 0.5) is 0 Å². The number of para-hydroxylation sites is 1. The molecular weight excluding hydrogens is 428 g/mol. The maximum Gasteiger partial charge on any atom is 0.257 e. The molecule has 0 aliphatic carbocycles. The van der Waals surface area contributed by atoms with E-state index in [4.69, 9.17) is 9.37 Å². The minimum Gasteiger partial charge on any atom is -0.486 e. The molecule has 0 N–H and O–H groups in total. The summed E-state index contributed by atoms with van der Waals surface area (Å²) in [5.74, 6) is 1.11. The molecule has 0 spiro atoms. The Morgan fingerprint density at radius 1 is 1.06 bits per heavy atom. The first-order valence-corrected chi connectivity index (χ1v) is 11.8. The van der Waals surface area contributed by atoms with Crippen LogP contribution in [0.5, 0.6) is 5.75 Å². The van der Waals surface area contributed by atoms with Gasteiger partial charge in [0.1, 0.15) is 23.7 Å². The molecule has 1 aliphatic heterocycles. The largest absolute Gasteiger partial charge is 0.486 e. The summed E-state index contributed by atoms with van der Waals surface area (Å²) < 4.78 is 10.7. The first-order valence-electron chi connectivity index (χ1n) is 11.8. The van der Waals surface area contributed by atoms with E-state index in [1.54, 1.807) is 0 Å². The molecule has 0 saturated carbocycles. The molecule has 3 heterocycles. The number of carbonyl (C=O) groups is 1. The first-order chi connectivity index (χ1) is 16.7. The second-order valence-corrected chi connectivity index (χ2v) is 8.86. The monoisotopic (exact) mass is 456 g/mol. The molecule has 0 bridgehead atoms. The van der Waals surface area contributed by atoms with Crippen LogP contribution in [-0.2, 0) is 13.0 Å². The minimum absolute atomic E-state index is 0.0145. The number of aryl methyl sites for hydroxylation is 1. The third kappa shape index (κ3) is 4.78. The quantitative estimate of drug-likeness (QED) is 0.407. The van der Waals surface area contributed by atoms with Crippen LogP contribution in [-0.4, -0.2) is 39.2 Å². The van der Waals surface area contributed by atoms with Crippen molar-refractivity contribution >= 4 is 16.8 Å². The van der Waals surface area contributed by atoms with Gasteiger partial charge >= 0.3 is 0 Å². The topological polar surface area (TPSA) is 81.3 Å². The van der Waals surface area contributed by atoms with Gasteiger partial charge in [-0.15, -0.1) is 0 Å². The van der Waals surface area contributed by atoms with Gasteiger partial charge in [-0.2, -0.15) is 0 Å². The molecule has 1 amide bonds. The number of aromatic nitrogens is 3. The van der Waals surface area contributed by atoms with Crippen molar-refractivity contribution in [3.05, 3.63) is 83.3 Å². The minimum atomic E-state index is 0.0145. The highest BCUT2D eigenvalue weighted by molar-refractivity contribution is 5.97. The average molecular weight is 457 g/mol. The lowest BCUT2D eigenvalue weighted by atomic mass is 9.91. The van der Waals surface area contributed by atoms with E-state index in [0.717, 1.165) is 44.3 Å². The lowest BCUT2D eigenvalue weighted by Gasteiger charge is -2.22. The lowest BCUT2D eigenvalue weighted by Crippen LogP contribution is -2.32. The fraction of sp³-hybridized carbons (Fsp3) is 0.333. The summed E-state index contributed by atoms with van der Waals surface area (Å²) in [6, 6.07) is 17.9. The van der Waals surface area contributed by atoms with Crippen LogP contribution in [0.1, 0.15) is 46.6 Å². The molecule has 0 unspecified atom stereocenters. The highest BCUT2D eigenvalue weighted by atomic mass is 16.6. The maximum absolute atomic E-state index is 13.4. The smallest absolute Gasteiger partial charge is 0.257 e. The van der Waals surface area contributed by atoms with Gasteiger partial charge in [0.05, 0.1) is 11.1 Å². The van der Waals surface area contributed by atoms with Crippen molar-refractivity contribution in [2.45, 2.75) is 39.2 Å². The van der Waals surface area contributed by atoms with Gasteiger partial charge in [0.2, 0.25) is 0 Å². The Kier molecular flexibility index (Phi) is 6.51. The van der Waals surface area contributed by atoms with E-state index in [1.165, 1.54) is 10.9 Å². The number of rotatable bonds is 6. The number of benzene rings is 2. The second-order valence-electron chi connectivity index (χ2n) is 8.86. The zero-order valence-electron chi connectivity index (χ0n) is 19.3. The number of fused-ring (bicyclic) bond motifs is 1. The number of hydrogen-bond acceptors (Lipinski definition) is 6. The molecule has 2 aromatic heterocycles. The summed E-state index contributed by atoms with van der Waals surface area (Å²) in [6.45, 7) is 3.52. The second kappa shape index (κ2) is 10.0. The summed E-state index contributed by atoms with van der Waals surface area (Å²) in [7, 11) is 0. The molecular formula is C27H28N4O3. The Morgan fingerprint density at radius 2 is 1.97 bits per heavy atom. The number of hydrogen-bond donors (Lipinski definition) is 0. The van der Waals surface area contributed by atoms with Crippen molar-refractivity contribution in [2.24, 2.45) is 5.92 Å². The fourth-order valence-electron chi connectivity index (χ4n) is 4.69. The van der Waals surface area contributed by atoms with E-state index in [9.17, 15) is 4.79 Å². The molecule has 7 nitrogen and oxygen atoms in total. The predicted molar refractivity (Wildman–Crippen MR) is 129 cm³/mol. The van der Waals surface area contributed by atoms with Crippen molar-refractivity contribution in [3.63, 3.8) is 0 Å². The molecule has 7 heteroatoms. The molecule has 1 aliphatic rings. The normalized spacial score (nSPS) is 16.4. The highest BCUT2D eigenvalue weighted by Crippen LogP contribution is 2.28. The van der Waals surface area contributed by atoms with Crippen LogP contribution >= 0.6 is 0 Å². The van der Waals surface area contributed by atoms with Gasteiger partial charge in [0, 0.05) is 24.7 Å². The van der Waals surface area contributed by atoms with Crippen molar-refractivity contribution < 1.29 is 14.2 Å². The van der Waals surface area contributed by atoms with Crippen molar-refractivity contribution in [1.82, 2.24) is 20.2 Å². The third-order valence-electron chi connectivity index (χ3n) is 6.61. The van der Waals surface area contributed by atoms with Gasteiger partial charge in [0.25, 0.3) is 5.91 Å². The van der Waals surface area contributed by atoms with Crippen LogP contribution in [0.25, 0.3) is 10.9 Å². The number of amides is 1. The fourth-order valence-corrected chi connectivity index (χ4v) is 4.69. The number of pyridine rings is 1. The molecule has 2 aromatic carbocycles. The number of nitrogens with zero attached hydrogens (tertiary/aromatic N) is 4. The molecule has 5 rings (SSSR count). The Bertz CT molecular complexity index is 1280. The van der Waals surface area contributed by atoms with Crippen LogP contribution in [0.15, 0.2) is 65.4 Å². The molecule has 0 radical (unpaired) electrons. The zero-order chi connectivity index (χ0) is 23.3. The Labute approximate surface area is 198 Å². The molecule has 4 aromatic rings. The lowest BCUT2D eigenvalue weighted by molar-refractivity contribution is 0.0755.